The second kappa shape index (κ2) is 6.51. The molecule has 0 amide bonds. The number of nitro groups is 1. The molecule has 1 aliphatic carbocycles. The molecule has 2 unspecified atom stereocenters. The van der Waals surface area contributed by atoms with Crippen molar-refractivity contribution in [2.75, 3.05) is 10.7 Å². The summed E-state index contributed by atoms with van der Waals surface area (Å²) in [5.41, 5.74) is 2.41. The summed E-state index contributed by atoms with van der Waals surface area (Å²) in [6.07, 6.45) is 5.61. The van der Waals surface area contributed by atoms with Crippen LogP contribution in [-0.2, 0) is 0 Å². The smallest absolute Gasteiger partial charge is 0.311 e. The lowest BCUT2D eigenvalue weighted by atomic mass is 9.84. The highest BCUT2D eigenvalue weighted by atomic mass is 16.6. The summed E-state index contributed by atoms with van der Waals surface area (Å²) < 4.78 is 0. The number of nitrogens with zero attached hydrogens (tertiary/aromatic N) is 2. The molecule has 0 aliphatic heterocycles. The van der Waals surface area contributed by atoms with Crippen LogP contribution in [0.25, 0.3) is 0 Å². The summed E-state index contributed by atoms with van der Waals surface area (Å²) in [4.78, 5) is 14.8. The van der Waals surface area contributed by atoms with Crippen molar-refractivity contribution in [1.29, 1.82) is 0 Å². The third kappa shape index (κ3) is 3.36. The van der Waals surface area contributed by atoms with Crippen molar-refractivity contribution in [1.82, 2.24) is 4.98 Å². The van der Waals surface area contributed by atoms with E-state index in [2.05, 4.69) is 22.7 Å². The Morgan fingerprint density at radius 2 is 2.30 bits per heavy atom. The van der Waals surface area contributed by atoms with Crippen LogP contribution >= 0.6 is 0 Å². The van der Waals surface area contributed by atoms with E-state index in [1.165, 1.54) is 18.6 Å². The molecule has 0 aromatic carbocycles. The van der Waals surface area contributed by atoms with Gasteiger partial charge in [-0.15, -0.1) is 0 Å². The van der Waals surface area contributed by atoms with Gasteiger partial charge in [-0.25, -0.2) is 10.8 Å². The number of hydrazine groups is 1. The first-order chi connectivity index (χ1) is 9.63. The third-order valence-corrected chi connectivity index (χ3v) is 3.92. The molecular formula is C13H21N5O2. The fraction of sp³-hybridized carbons (Fsp3) is 0.615. The fourth-order valence-electron chi connectivity index (χ4n) is 2.77. The van der Waals surface area contributed by atoms with Gasteiger partial charge in [0.05, 0.1) is 4.92 Å². The first-order valence-electron chi connectivity index (χ1n) is 7.02. The lowest BCUT2D eigenvalue weighted by Gasteiger charge is -2.29. The van der Waals surface area contributed by atoms with E-state index in [1.54, 1.807) is 0 Å². The van der Waals surface area contributed by atoms with Gasteiger partial charge in [-0.05, 0) is 24.8 Å². The van der Waals surface area contributed by atoms with Crippen molar-refractivity contribution in [2.45, 2.75) is 45.1 Å². The standard InChI is InChI=1S/C13H21N5O2/c1-2-9-4-3-5-10(8-9)15-13-11(18(19)20)6-7-12(16-13)17-14/h6-7,9-10H,2-5,8,14H2,1H3,(H2,15,16,17). The number of pyridine rings is 1. The summed E-state index contributed by atoms with van der Waals surface area (Å²) in [6.45, 7) is 2.19. The number of nitrogens with two attached hydrogens (primary N) is 1. The minimum absolute atomic E-state index is 0.0115. The van der Waals surface area contributed by atoms with Crippen LogP contribution in [0.5, 0.6) is 0 Å². The number of rotatable bonds is 5. The first-order valence-corrected chi connectivity index (χ1v) is 7.02. The van der Waals surface area contributed by atoms with Gasteiger partial charge in [0.2, 0.25) is 5.82 Å². The average Bonchev–Trinajstić information content (AvgIpc) is 2.47. The van der Waals surface area contributed by atoms with Gasteiger partial charge in [0.15, 0.2) is 0 Å². The zero-order valence-corrected chi connectivity index (χ0v) is 11.6. The minimum atomic E-state index is -0.421. The molecule has 0 radical (unpaired) electrons. The molecule has 110 valence electrons. The molecule has 7 nitrogen and oxygen atoms in total. The van der Waals surface area contributed by atoms with E-state index < -0.39 is 4.92 Å². The highest BCUT2D eigenvalue weighted by Crippen LogP contribution is 2.31. The maximum absolute atomic E-state index is 11.1. The summed E-state index contributed by atoms with van der Waals surface area (Å²) >= 11 is 0. The van der Waals surface area contributed by atoms with Crippen molar-refractivity contribution < 1.29 is 4.92 Å². The minimum Gasteiger partial charge on any atom is -0.362 e. The lowest BCUT2D eigenvalue weighted by Crippen LogP contribution is -2.28. The maximum Gasteiger partial charge on any atom is 0.311 e. The van der Waals surface area contributed by atoms with Gasteiger partial charge in [0, 0.05) is 12.1 Å². The van der Waals surface area contributed by atoms with Crippen LogP contribution in [0.2, 0.25) is 0 Å². The molecular weight excluding hydrogens is 258 g/mol. The normalized spacial score (nSPS) is 22.3. The maximum atomic E-state index is 11.1. The van der Waals surface area contributed by atoms with Crippen LogP contribution < -0.4 is 16.6 Å². The monoisotopic (exact) mass is 279 g/mol. The van der Waals surface area contributed by atoms with Crippen molar-refractivity contribution in [3.8, 4) is 0 Å². The van der Waals surface area contributed by atoms with E-state index in [0.717, 1.165) is 25.7 Å². The van der Waals surface area contributed by atoms with Gasteiger partial charge in [-0.2, -0.15) is 0 Å². The van der Waals surface area contributed by atoms with E-state index in [0.29, 0.717) is 17.6 Å². The fourth-order valence-corrected chi connectivity index (χ4v) is 2.77. The predicted molar refractivity (Wildman–Crippen MR) is 78.4 cm³/mol. The Bertz CT molecular complexity index is 480. The molecule has 2 rings (SSSR count). The second-order valence-corrected chi connectivity index (χ2v) is 5.25. The summed E-state index contributed by atoms with van der Waals surface area (Å²) in [6, 6.07) is 3.16. The van der Waals surface area contributed by atoms with Gasteiger partial charge in [0.1, 0.15) is 5.82 Å². The van der Waals surface area contributed by atoms with Gasteiger partial charge in [0.25, 0.3) is 0 Å². The van der Waals surface area contributed by atoms with E-state index in [9.17, 15) is 10.1 Å². The number of hydrogen-bond donors (Lipinski definition) is 3. The third-order valence-electron chi connectivity index (χ3n) is 3.92. The molecule has 4 N–H and O–H groups in total. The van der Waals surface area contributed by atoms with E-state index in [-0.39, 0.29) is 11.7 Å². The highest BCUT2D eigenvalue weighted by molar-refractivity contribution is 5.60. The van der Waals surface area contributed by atoms with Gasteiger partial charge >= 0.3 is 5.69 Å². The van der Waals surface area contributed by atoms with E-state index in [4.69, 9.17) is 5.84 Å². The summed E-state index contributed by atoms with van der Waals surface area (Å²) in [5, 5.41) is 14.3. The summed E-state index contributed by atoms with van der Waals surface area (Å²) in [5.74, 6) is 6.72. The largest absolute Gasteiger partial charge is 0.362 e. The molecule has 1 aromatic rings. The average molecular weight is 279 g/mol. The number of nitrogen functional groups attached to an aromatic ring is 1. The quantitative estimate of drug-likeness (QED) is 0.434. The Labute approximate surface area is 118 Å². The molecule has 1 aromatic heterocycles. The Morgan fingerprint density at radius 1 is 1.50 bits per heavy atom. The molecule has 0 saturated heterocycles. The molecule has 1 fully saturated rings. The van der Waals surface area contributed by atoms with E-state index in [1.807, 2.05) is 0 Å². The zero-order valence-electron chi connectivity index (χ0n) is 11.6. The molecule has 2 atom stereocenters. The van der Waals surface area contributed by atoms with Crippen molar-refractivity contribution in [3.63, 3.8) is 0 Å². The van der Waals surface area contributed by atoms with Gasteiger partial charge < -0.3 is 10.7 Å². The van der Waals surface area contributed by atoms with Gasteiger partial charge in [-0.1, -0.05) is 26.2 Å². The molecule has 1 heterocycles. The van der Waals surface area contributed by atoms with Gasteiger partial charge in [-0.3, -0.25) is 10.1 Å². The van der Waals surface area contributed by atoms with Crippen LogP contribution in [-0.4, -0.2) is 15.9 Å². The first kappa shape index (κ1) is 14.5. The Kier molecular flexibility index (Phi) is 4.73. The summed E-state index contributed by atoms with van der Waals surface area (Å²) in [7, 11) is 0. The second-order valence-electron chi connectivity index (χ2n) is 5.25. The molecule has 7 heteroatoms. The lowest BCUT2D eigenvalue weighted by molar-refractivity contribution is -0.384. The Hall–Kier alpha value is -1.89. The number of aromatic nitrogens is 1. The molecule has 1 aliphatic rings. The molecule has 0 spiro atoms. The zero-order chi connectivity index (χ0) is 14.5. The van der Waals surface area contributed by atoms with Crippen LogP contribution in [0.3, 0.4) is 0 Å². The van der Waals surface area contributed by atoms with Crippen LogP contribution in [0, 0.1) is 16.0 Å². The van der Waals surface area contributed by atoms with E-state index >= 15 is 0 Å². The van der Waals surface area contributed by atoms with Crippen LogP contribution in [0.15, 0.2) is 12.1 Å². The molecule has 0 bridgehead atoms. The predicted octanol–water partition coefficient (Wildman–Crippen LogP) is 2.66. The Balaban J connectivity index is 2.16. The van der Waals surface area contributed by atoms with Crippen molar-refractivity contribution >= 4 is 17.3 Å². The molecule has 1 saturated carbocycles. The van der Waals surface area contributed by atoms with Crippen LogP contribution in [0.1, 0.15) is 39.0 Å². The SMILES string of the molecule is CCC1CCCC(Nc2nc(NN)ccc2[N+](=O)[O-])C1. The Morgan fingerprint density at radius 3 is 2.95 bits per heavy atom. The van der Waals surface area contributed by atoms with Crippen LogP contribution in [0.4, 0.5) is 17.3 Å². The number of anilines is 2. The van der Waals surface area contributed by atoms with Crippen molar-refractivity contribution in [2.24, 2.45) is 11.8 Å². The van der Waals surface area contributed by atoms with Crippen molar-refractivity contribution in [3.05, 3.63) is 22.2 Å². The number of hydrogen-bond acceptors (Lipinski definition) is 6. The number of nitrogens with one attached hydrogen (secondary N) is 2. The molecule has 20 heavy (non-hydrogen) atoms. The highest BCUT2D eigenvalue weighted by Gasteiger charge is 2.24. The topological polar surface area (TPSA) is 106 Å².